The Bertz CT molecular complexity index is 482. The Morgan fingerprint density at radius 1 is 1.12 bits per heavy atom. The molecule has 0 saturated heterocycles. The Balaban J connectivity index is 2.23. The van der Waals surface area contributed by atoms with Crippen LogP contribution in [-0.4, -0.2) is 15.0 Å². The number of nitrogens with two attached hydrogens (primary N) is 2. The molecule has 2 aromatic heterocycles. The topological polar surface area (TPSA) is 90.7 Å². The zero-order valence-electron chi connectivity index (χ0n) is 8.09. The lowest BCUT2D eigenvalue weighted by Crippen LogP contribution is -1.99. The molecule has 0 radical (unpaired) electrons. The predicted molar refractivity (Wildman–Crippen MR) is 64.2 cm³/mol. The summed E-state index contributed by atoms with van der Waals surface area (Å²) < 4.78 is 0. The second kappa shape index (κ2) is 4.54. The van der Waals surface area contributed by atoms with Crippen molar-refractivity contribution in [3.63, 3.8) is 0 Å². The molecule has 0 spiro atoms. The van der Waals surface area contributed by atoms with Gasteiger partial charge in [0.25, 0.3) is 0 Å². The number of anilines is 2. The van der Waals surface area contributed by atoms with Crippen LogP contribution in [0.1, 0.15) is 0 Å². The molecule has 0 aliphatic rings. The van der Waals surface area contributed by atoms with E-state index in [1.165, 1.54) is 11.8 Å². The van der Waals surface area contributed by atoms with Crippen molar-refractivity contribution < 1.29 is 0 Å². The van der Waals surface area contributed by atoms with E-state index < -0.39 is 0 Å². The maximum absolute atomic E-state index is 5.73. The molecule has 0 amide bonds. The van der Waals surface area contributed by atoms with Gasteiger partial charge in [-0.25, -0.2) is 9.97 Å². The van der Waals surface area contributed by atoms with Gasteiger partial charge in [-0.1, -0.05) is 11.6 Å². The van der Waals surface area contributed by atoms with Gasteiger partial charge < -0.3 is 11.5 Å². The van der Waals surface area contributed by atoms with Crippen LogP contribution in [0.5, 0.6) is 0 Å². The van der Waals surface area contributed by atoms with Crippen molar-refractivity contribution in [2.75, 3.05) is 11.5 Å². The maximum Gasteiger partial charge on any atom is 0.223 e. The summed E-state index contributed by atoms with van der Waals surface area (Å²) in [6.07, 6.45) is 1.57. The minimum absolute atomic E-state index is 0.150. The van der Waals surface area contributed by atoms with Crippen molar-refractivity contribution in [2.45, 2.75) is 10.1 Å². The van der Waals surface area contributed by atoms with Gasteiger partial charge in [-0.2, -0.15) is 4.98 Å². The molecular weight excluding hydrogens is 246 g/mol. The zero-order chi connectivity index (χ0) is 11.5. The summed E-state index contributed by atoms with van der Waals surface area (Å²) in [6.45, 7) is 0. The van der Waals surface area contributed by atoms with Gasteiger partial charge in [0.2, 0.25) is 5.95 Å². The van der Waals surface area contributed by atoms with Crippen LogP contribution in [0.15, 0.2) is 34.4 Å². The molecule has 0 aromatic carbocycles. The van der Waals surface area contributed by atoms with Gasteiger partial charge in [0.05, 0.1) is 5.02 Å². The number of nitrogen functional groups attached to an aromatic ring is 2. The van der Waals surface area contributed by atoms with Crippen LogP contribution < -0.4 is 11.5 Å². The monoisotopic (exact) mass is 253 g/mol. The normalized spacial score (nSPS) is 10.3. The van der Waals surface area contributed by atoms with Crippen LogP contribution in [-0.2, 0) is 0 Å². The van der Waals surface area contributed by atoms with Crippen LogP contribution in [0, 0.1) is 0 Å². The van der Waals surface area contributed by atoms with E-state index >= 15 is 0 Å². The lowest BCUT2D eigenvalue weighted by Gasteiger charge is -2.02. The lowest BCUT2D eigenvalue weighted by molar-refractivity contribution is 1.06. The van der Waals surface area contributed by atoms with Gasteiger partial charge in [-0.15, -0.1) is 0 Å². The number of hydrogen-bond acceptors (Lipinski definition) is 6. The molecule has 0 unspecified atom stereocenters. The molecule has 2 aromatic rings. The van der Waals surface area contributed by atoms with Crippen molar-refractivity contribution in [1.29, 1.82) is 0 Å². The number of hydrogen-bond donors (Lipinski definition) is 2. The highest BCUT2D eigenvalue weighted by molar-refractivity contribution is 7.99. The Kier molecular flexibility index (Phi) is 3.12. The zero-order valence-corrected chi connectivity index (χ0v) is 9.66. The second-order valence-electron chi connectivity index (χ2n) is 2.91. The van der Waals surface area contributed by atoms with Crippen molar-refractivity contribution in [3.05, 3.63) is 29.4 Å². The first kappa shape index (κ1) is 11.0. The van der Waals surface area contributed by atoms with Crippen molar-refractivity contribution in [3.8, 4) is 0 Å². The number of aromatic nitrogens is 3. The molecule has 2 rings (SSSR count). The second-order valence-corrected chi connectivity index (χ2v) is 4.38. The van der Waals surface area contributed by atoms with Gasteiger partial charge >= 0.3 is 0 Å². The molecule has 0 fully saturated rings. The van der Waals surface area contributed by atoms with Crippen LogP contribution in [0.25, 0.3) is 0 Å². The van der Waals surface area contributed by atoms with Crippen LogP contribution in [0.2, 0.25) is 5.02 Å². The molecule has 82 valence electrons. The van der Waals surface area contributed by atoms with Crippen molar-refractivity contribution in [2.24, 2.45) is 0 Å². The molecule has 7 heteroatoms. The highest BCUT2D eigenvalue weighted by atomic mass is 35.5. The largest absolute Gasteiger partial charge is 0.383 e. The first-order valence-corrected chi connectivity index (χ1v) is 5.52. The van der Waals surface area contributed by atoms with Crippen molar-refractivity contribution in [1.82, 2.24) is 15.0 Å². The van der Waals surface area contributed by atoms with Gasteiger partial charge in [-0.3, -0.25) is 0 Å². The molecule has 16 heavy (non-hydrogen) atoms. The highest BCUT2D eigenvalue weighted by Crippen LogP contribution is 2.26. The molecule has 0 aliphatic carbocycles. The van der Waals surface area contributed by atoms with Gasteiger partial charge in [0.15, 0.2) is 0 Å². The molecule has 0 atom stereocenters. The fourth-order valence-electron chi connectivity index (χ4n) is 1.04. The summed E-state index contributed by atoms with van der Waals surface area (Å²) in [6, 6.07) is 5.18. The van der Waals surface area contributed by atoms with E-state index in [2.05, 4.69) is 15.0 Å². The number of pyridine rings is 1. The van der Waals surface area contributed by atoms with Gasteiger partial charge in [-0.05, 0) is 23.9 Å². The first-order chi connectivity index (χ1) is 7.63. The lowest BCUT2D eigenvalue weighted by atomic mass is 10.5. The third kappa shape index (κ3) is 2.74. The van der Waals surface area contributed by atoms with E-state index in [-0.39, 0.29) is 5.95 Å². The summed E-state index contributed by atoms with van der Waals surface area (Å²) in [4.78, 5) is 11.9. The molecule has 5 nitrogen and oxygen atoms in total. The van der Waals surface area contributed by atoms with E-state index in [0.717, 1.165) is 5.03 Å². The molecule has 2 heterocycles. The molecule has 0 saturated carbocycles. The standard InChI is InChI=1S/C9H8ClN5S/c10-5-1-2-7(13-4-5)16-8-3-6(11)14-9(12)15-8/h1-4H,(H4,11,12,14,15). The third-order valence-corrected chi connectivity index (χ3v) is 2.74. The van der Waals surface area contributed by atoms with Crippen LogP contribution >= 0.6 is 23.4 Å². The minimum atomic E-state index is 0.150. The molecular formula is C9H8ClN5S. The smallest absolute Gasteiger partial charge is 0.223 e. The fourth-order valence-corrected chi connectivity index (χ4v) is 1.93. The molecule has 0 bridgehead atoms. The summed E-state index contributed by atoms with van der Waals surface area (Å²) in [7, 11) is 0. The Morgan fingerprint density at radius 2 is 1.94 bits per heavy atom. The molecule has 4 N–H and O–H groups in total. The number of halogens is 1. The van der Waals surface area contributed by atoms with E-state index in [9.17, 15) is 0 Å². The maximum atomic E-state index is 5.73. The first-order valence-electron chi connectivity index (χ1n) is 4.33. The summed E-state index contributed by atoms with van der Waals surface area (Å²) in [5.74, 6) is 0.487. The van der Waals surface area contributed by atoms with Crippen LogP contribution in [0.3, 0.4) is 0 Å². The average molecular weight is 254 g/mol. The van der Waals surface area contributed by atoms with E-state index in [1.54, 1.807) is 24.4 Å². The average Bonchev–Trinajstić information content (AvgIpc) is 2.20. The van der Waals surface area contributed by atoms with Crippen molar-refractivity contribution >= 4 is 35.1 Å². The quantitative estimate of drug-likeness (QED) is 0.794. The van der Waals surface area contributed by atoms with Gasteiger partial charge in [0, 0.05) is 12.3 Å². The van der Waals surface area contributed by atoms with Crippen LogP contribution in [0.4, 0.5) is 11.8 Å². The SMILES string of the molecule is Nc1cc(Sc2ccc(Cl)cn2)nc(N)n1. The molecule has 0 aliphatic heterocycles. The van der Waals surface area contributed by atoms with E-state index in [0.29, 0.717) is 15.9 Å². The Labute approximate surface area is 101 Å². The summed E-state index contributed by atoms with van der Waals surface area (Å²) >= 11 is 7.07. The predicted octanol–water partition coefficient (Wildman–Crippen LogP) is 1.84. The summed E-state index contributed by atoms with van der Waals surface area (Å²) in [5.41, 5.74) is 11.0. The third-order valence-electron chi connectivity index (χ3n) is 1.65. The van der Waals surface area contributed by atoms with E-state index in [4.69, 9.17) is 23.1 Å². The highest BCUT2D eigenvalue weighted by Gasteiger charge is 2.03. The Morgan fingerprint density at radius 3 is 2.56 bits per heavy atom. The minimum Gasteiger partial charge on any atom is -0.383 e. The van der Waals surface area contributed by atoms with E-state index in [1.807, 2.05) is 0 Å². The number of nitrogens with zero attached hydrogens (tertiary/aromatic N) is 3. The Hall–Kier alpha value is -1.53. The van der Waals surface area contributed by atoms with Gasteiger partial charge in [0.1, 0.15) is 15.9 Å². The fraction of sp³-hybridized carbons (Fsp3) is 0. The number of rotatable bonds is 2. The summed E-state index contributed by atoms with van der Waals surface area (Å²) in [5, 5.41) is 2.01.